The maximum Gasteiger partial charge on any atom is 0.315 e. The lowest BCUT2D eigenvalue weighted by atomic mass is 10.2. The van der Waals surface area contributed by atoms with Gasteiger partial charge in [-0.3, -0.25) is 10.1 Å². The van der Waals surface area contributed by atoms with Crippen molar-refractivity contribution in [2.75, 3.05) is 12.0 Å². The molecule has 3 rings (SSSR count). The van der Waals surface area contributed by atoms with E-state index in [0.717, 1.165) is 11.0 Å². The Morgan fingerprint density at radius 1 is 1.37 bits per heavy atom. The summed E-state index contributed by atoms with van der Waals surface area (Å²) in [7, 11) is 0. The van der Waals surface area contributed by atoms with Crippen LogP contribution in [0.5, 0.6) is 11.5 Å². The molecule has 3 aromatic rings. The Balaban J connectivity index is 1.89. The molecular formula is C18H19N5O4. The van der Waals surface area contributed by atoms with E-state index in [9.17, 15) is 15.2 Å². The number of nitro groups is 1. The zero-order chi connectivity index (χ0) is 19.4. The van der Waals surface area contributed by atoms with Crippen molar-refractivity contribution in [1.29, 1.82) is 0 Å². The van der Waals surface area contributed by atoms with Crippen molar-refractivity contribution < 1.29 is 14.8 Å². The van der Waals surface area contributed by atoms with Gasteiger partial charge in [0.2, 0.25) is 11.7 Å². The highest BCUT2D eigenvalue weighted by Crippen LogP contribution is 2.36. The first-order valence-electron chi connectivity index (χ1n) is 8.43. The molecule has 0 aliphatic carbocycles. The second-order valence-corrected chi connectivity index (χ2v) is 5.62. The lowest BCUT2D eigenvalue weighted by Crippen LogP contribution is -2.02. The van der Waals surface area contributed by atoms with Crippen LogP contribution in [0.25, 0.3) is 11.0 Å². The first-order valence-corrected chi connectivity index (χ1v) is 8.43. The number of hydrogen-bond donors (Lipinski definition) is 2. The van der Waals surface area contributed by atoms with Crippen LogP contribution in [0, 0.1) is 10.1 Å². The molecule has 9 nitrogen and oxygen atoms in total. The Bertz CT molecular complexity index is 1010. The molecule has 0 saturated carbocycles. The van der Waals surface area contributed by atoms with Gasteiger partial charge in [-0.15, -0.1) is 0 Å². The van der Waals surface area contributed by atoms with E-state index in [-0.39, 0.29) is 12.4 Å². The highest BCUT2D eigenvalue weighted by Gasteiger charge is 2.19. The van der Waals surface area contributed by atoms with Gasteiger partial charge in [0, 0.05) is 18.2 Å². The Kier molecular flexibility index (Phi) is 5.20. The van der Waals surface area contributed by atoms with Crippen LogP contribution in [0.1, 0.15) is 19.4 Å². The number of phenolic OH excluding ortho intramolecular Hbond substituents is 1. The first-order chi connectivity index (χ1) is 13.0. The van der Waals surface area contributed by atoms with E-state index in [4.69, 9.17) is 4.74 Å². The molecule has 27 heavy (non-hydrogen) atoms. The fourth-order valence-electron chi connectivity index (χ4n) is 2.74. The van der Waals surface area contributed by atoms with Crippen LogP contribution in [-0.2, 0) is 6.54 Å². The molecule has 0 atom stereocenters. The number of nitrogens with one attached hydrogen (secondary N) is 1. The van der Waals surface area contributed by atoms with Crippen LogP contribution in [0.15, 0.2) is 41.5 Å². The van der Waals surface area contributed by atoms with E-state index in [2.05, 4.69) is 15.5 Å². The summed E-state index contributed by atoms with van der Waals surface area (Å²) < 4.78 is 7.23. The Hall–Kier alpha value is -3.62. The summed E-state index contributed by atoms with van der Waals surface area (Å²) in [6.45, 7) is 4.70. The maximum atomic E-state index is 11.1. The average molecular weight is 369 g/mol. The number of imidazole rings is 1. The number of rotatable bonds is 7. The van der Waals surface area contributed by atoms with Gasteiger partial charge in [-0.05, 0) is 32.0 Å². The minimum Gasteiger partial charge on any atom is -0.500 e. The van der Waals surface area contributed by atoms with Gasteiger partial charge in [-0.2, -0.15) is 5.10 Å². The number of anilines is 1. The number of hydrazone groups is 1. The molecule has 0 spiro atoms. The number of fused-ring (bicyclic) bond motifs is 1. The molecule has 1 heterocycles. The molecule has 1 aromatic heterocycles. The minimum absolute atomic E-state index is 0.0361. The van der Waals surface area contributed by atoms with E-state index in [1.54, 1.807) is 6.92 Å². The number of benzene rings is 2. The lowest BCUT2D eigenvalue weighted by molar-refractivity contribution is -0.386. The molecule has 0 saturated heterocycles. The van der Waals surface area contributed by atoms with Crippen LogP contribution in [0.3, 0.4) is 0 Å². The molecule has 0 bridgehead atoms. The van der Waals surface area contributed by atoms with Crippen molar-refractivity contribution in [1.82, 2.24) is 9.55 Å². The van der Waals surface area contributed by atoms with Gasteiger partial charge in [0.15, 0.2) is 5.75 Å². The van der Waals surface area contributed by atoms with Gasteiger partial charge < -0.3 is 14.4 Å². The highest BCUT2D eigenvalue weighted by molar-refractivity contribution is 5.84. The number of para-hydroxylation sites is 2. The molecular weight excluding hydrogens is 350 g/mol. The second-order valence-electron chi connectivity index (χ2n) is 5.62. The Morgan fingerprint density at radius 3 is 2.85 bits per heavy atom. The van der Waals surface area contributed by atoms with Crippen molar-refractivity contribution >= 4 is 28.9 Å². The normalized spacial score (nSPS) is 11.2. The van der Waals surface area contributed by atoms with Crippen molar-refractivity contribution in [3.05, 3.63) is 52.1 Å². The summed E-state index contributed by atoms with van der Waals surface area (Å²) in [6, 6.07) is 10.4. The fourth-order valence-corrected chi connectivity index (χ4v) is 2.74. The molecule has 2 aromatic carbocycles. The van der Waals surface area contributed by atoms with E-state index < -0.39 is 16.4 Å². The molecule has 0 aliphatic rings. The zero-order valence-electron chi connectivity index (χ0n) is 14.9. The highest BCUT2D eigenvalue weighted by atomic mass is 16.6. The van der Waals surface area contributed by atoms with Crippen LogP contribution in [0.4, 0.5) is 11.6 Å². The van der Waals surface area contributed by atoms with Crippen molar-refractivity contribution in [3.8, 4) is 11.5 Å². The lowest BCUT2D eigenvalue weighted by Gasteiger charge is -2.07. The summed E-state index contributed by atoms with van der Waals surface area (Å²) in [5.41, 5.74) is 4.66. The summed E-state index contributed by atoms with van der Waals surface area (Å²) in [5.74, 6) is 0.0990. The van der Waals surface area contributed by atoms with Crippen molar-refractivity contribution in [2.24, 2.45) is 5.10 Å². The molecule has 0 unspecified atom stereocenters. The van der Waals surface area contributed by atoms with E-state index in [1.165, 1.54) is 18.3 Å². The second kappa shape index (κ2) is 7.73. The van der Waals surface area contributed by atoms with Gasteiger partial charge in [-0.1, -0.05) is 12.1 Å². The predicted molar refractivity (Wildman–Crippen MR) is 103 cm³/mol. The molecule has 0 radical (unpaired) electrons. The number of nitrogens with zero attached hydrogens (tertiary/aromatic N) is 4. The van der Waals surface area contributed by atoms with Crippen LogP contribution < -0.4 is 10.2 Å². The number of hydrogen-bond acceptors (Lipinski definition) is 7. The van der Waals surface area contributed by atoms with Gasteiger partial charge in [0.1, 0.15) is 0 Å². The van der Waals surface area contributed by atoms with Gasteiger partial charge in [0.05, 0.1) is 28.8 Å². The third-order valence-corrected chi connectivity index (χ3v) is 3.92. The van der Waals surface area contributed by atoms with Gasteiger partial charge in [0.25, 0.3) is 0 Å². The van der Waals surface area contributed by atoms with Crippen LogP contribution >= 0.6 is 0 Å². The molecule has 2 N–H and O–H groups in total. The SMILES string of the molecule is CCOc1cc(/C=N\Nc2nc3ccccc3n2CC)cc([N+](=O)[O-])c1O. The zero-order valence-corrected chi connectivity index (χ0v) is 14.9. The molecule has 0 aliphatic heterocycles. The predicted octanol–water partition coefficient (Wildman–Crippen LogP) is 3.51. The van der Waals surface area contributed by atoms with Crippen molar-refractivity contribution in [2.45, 2.75) is 20.4 Å². The van der Waals surface area contributed by atoms with Crippen molar-refractivity contribution in [3.63, 3.8) is 0 Å². The topological polar surface area (TPSA) is 115 Å². The summed E-state index contributed by atoms with van der Waals surface area (Å²) in [6.07, 6.45) is 1.41. The third kappa shape index (κ3) is 3.66. The van der Waals surface area contributed by atoms with E-state index in [0.29, 0.717) is 18.1 Å². The number of nitro benzene ring substituents is 1. The number of ether oxygens (including phenoxy) is 1. The molecule has 0 amide bonds. The van der Waals surface area contributed by atoms with E-state index >= 15 is 0 Å². The smallest absolute Gasteiger partial charge is 0.315 e. The number of aryl methyl sites for hydroxylation is 1. The number of aromatic hydroxyl groups is 1. The summed E-state index contributed by atoms with van der Waals surface area (Å²) in [5, 5.41) is 25.2. The summed E-state index contributed by atoms with van der Waals surface area (Å²) in [4.78, 5) is 14.9. The maximum absolute atomic E-state index is 11.1. The molecule has 9 heteroatoms. The van der Waals surface area contributed by atoms with E-state index in [1.807, 2.05) is 35.8 Å². The third-order valence-electron chi connectivity index (χ3n) is 3.92. The standard InChI is InChI=1S/C18H19N5O4/c1-3-22-14-8-6-5-7-13(14)20-18(22)21-19-11-12-9-15(23(25)26)17(24)16(10-12)27-4-2/h5-11,24H,3-4H2,1-2H3,(H,20,21)/b19-11-. The van der Waals surface area contributed by atoms with Gasteiger partial charge >= 0.3 is 5.69 Å². The first kappa shape index (κ1) is 18.2. The fraction of sp³-hybridized carbons (Fsp3) is 0.222. The largest absolute Gasteiger partial charge is 0.500 e. The Morgan fingerprint density at radius 2 is 2.15 bits per heavy atom. The number of aromatic nitrogens is 2. The number of phenols is 1. The quantitative estimate of drug-likeness (QED) is 0.374. The van der Waals surface area contributed by atoms with Gasteiger partial charge in [-0.25, -0.2) is 10.4 Å². The monoisotopic (exact) mass is 369 g/mol. The van der Waals surface area contributed by atoms with Crippen LogP contribution in [0.2, 0.25) is 0 Å². The van der Waals surface area contributed by atoms with Crippen LogP contribution in [-0.4, -0.2) is 32.4 Å². The summed E-state index contributed by atoms with van der Waals surface area (Å²) >= 11 is 0. The average Bonchev–Trinajstić information content (AvgIpc) is 3.01. The Labute approximate surface area is 155 Å². The molecule has 140 valence electrons. The minimum atomic E-state index is -0.668. The molecule has 0 fully saturated rings.